The molecule has 1 heterocycles. The van der Waals surface area contributed by atoms with Gasteiger partial charge in [0.25, 0.3) is 0 Å². The first-order valence-corrected chi connectivity index (χ1v) is 10.9. The summed E-state index contributed by atoms with van der Waals surface area (Å²) < 4.78 is 11.2. The van der Waals surface area contributed by atoms with Gasteiger partial charge in [-0.25, -0.2) is 14.6 Å². The van der Waals surface area contributed by atoms with Crippen LogP contribution in [-0.4, -0.2) is 51.7 Å². The number of esters is 1. The second-order valence-electron chi connectivity index (χ2n) is 9.09. The predicted molar refractivity (Wildman–Crippen MR) is 115 cm³/mol. The largest absolute Gasteiger partial charge is 0.476 e. The van der Waals surface area contributed by atoms with Crippen molar-refractivity contribution in [1.29, 1.82) is 0 Å². The van der Waals surface area contributed by atoms with Crippen molar-refractivity contribution < 1.29 is 29.0 Å². The van der Waals surface area contributed by atoms with Gasteiger partial charge >= 0.3 is 18.0 Å². The summed E-state index contributed by atoms with van der Waals surface area (Å²) in [5.41, 5.74) is -0.733. The Kier molecular flexibility index (Phi) is 9.27. The Morgan fingerprint density at radius 1 is 1.20 bits per heavy atom. The molecule has 0 aromatic carbocycles. The zero-order valence-corrected chi connectivity index (χ0v) is 19.9. The molecule has 1 N–H and O–H groups in total. The van der Waals surface area contributed by atoms with E-state index in [9.17, 15) is 19.5 Å². The Morgan fingerprint density at radius 3 is 2.23 bits per heavy atom. The smallest absolute Gasteiger partial charge is 0.410 e. The summed E-state index contributed by atoms with van der Waals surface area (Å²) in [4.78, 5) is 41.8. The summed E-state index contributed by atoms with van der Waals surface area (Å²) in [6, 6.07) is -0.311. The van der Waals surface area contributed by atoms with Gasteiger partial charge in [-0.05, 0) is 32.6 Å². The van der Waals surface area contributed by atoms with Crippen LogP contribution in [0.4, 0.5) is 4.79 Å². The van der Waals surface area contributed by atoms with Gasteiger partial charge in [0.1, 0.15) is 10.6 Å². The maximum Gasteiger partial charge on any atom is 0.410 e. The molecule has 8 nitrogen and oxygen atoms in total. The van der Waals surface area contributed by atoms with Gasteiger partial charge in [0.05, 0.1) is 0 Å². The first kappa shape index (κ1) is 25.9. The molecule has 170 valence electrons. The number of aromatic nitrogens is 1. The zero-order valence-electron chi connectivity index (χ0n) is 19.1. The lowest BCUT2D eigenvalue weighted by Gasteiger charge is -2.34. The number of thiazole rings is 1. The van der Waals surface area contributed by atoms with Crippen LogP contribution in [0.15, 0.2) is 5.38 Å². The molecule has 0 unspecified atom stereocenters. The lowest BCUT2D eigenvalue weighted by atomic mass is 9.96. The van der Waals surface area contributed by atoms with Crippen molar-refractivity contribution >= 4 is 29.4 Å². The van der Waals surface area contributed by atoms with E-state index in [2.05, 4.69) is 4.98 Å². The van der Waals surface area contributed by atoms with Gasteiger partial charge in [-0.3, -0.25) is 4.79 Å². The number of carboxylic acid groups (broad SMARTS) is 1. The molecule has 0 spiro atoms. The van der Waals surface area contributed by atoms with E-state index < -0.39 is 23.8 Å². The lowest BCUT2D eigenvalue weighted by molar-refractivity contribution is -0.151. The third-order valence-electron chi connectivity index (χ3n) is 4.27. The Hall–Kier alpha value is -2.16. The molecule has 0 saturated carbocycles. The molecule has 0 saturated heterocycles. The van der Waals surface area contributed by atoms with Gasteiger partial charge in [-0.15, -0.1) is 11.3 Å². The van der Waals surface area contributed by atoms with E-state index in [4.69, 9.17) is 9.47 Å². The number of hydrogen-bond acceptors (Lipinski definition) is 7. The van der Waals surface area contributed by atoms with Crippen LogP contribution in [0.3, 0.4) is 0 Å². The van der Waals surface area contributed by atoms with E-state index in [1.807, 2.05) is 27.7 Å². The number of rotatable bonds is 9. The average molecular weight is 443 g/mol. The monoisotopic (exact) mass is 442 g/mol. The van der Waals surface area contributed by atoms with Crippen LogP contribution in [0.25, 0.3) is 0 Å². The van der Waals surface area contributed by atoms with E-state index in [0.717, 1.165) is 11.3 Å². The van der Waals surface area contributed by atoms with Crippen molar-refractivity contribution in [3.05, 3.63) is 16.1 Å². The Bertz CT molecular complexity index is 738. The molecule has 9 heteroatoms. The number of ether oxygens (including phenoxy) is 2. The van der Waals surface area contributed by atoms with Crippen LogP contribution in [0.5, 0.6) is 0 Å². The summed E-state index contributed by atoms with van der Waals surface area (Å²) >= 11 is 1.13. The summed E-state index contributed by atoms with van der Waals surface area (Å²) in [5, 5.41) is 11.0. The van der Waals surface area contributed by atoms with E-state index in [0.29, 0.717) is 5.01 Å². The zero-order chi connectivity index (χ0) is 23.2. The van der Waals surface area contributed by atoms with Crippen molar-refractivity contribution in [3.63, 3.8) is 0 Å². The molecule has 1 amide bonds. The molecule has 1 rings (SSSR count). The Morgan fingerprint density at radius 2 is 1.80 bits per heavy atom. The molecule has 0 aliphatic heterocycles. The molecule has 0 radical (unpaired) electrons. The molecule has 2 atom stereocenters. The number of carbonyl (C=O) groups is 3. The number of carbonyl (C=O) groups excluding carboxylic acids is 2. The normalized spacial score (nSPS) is 13.8. The number of nitrogens with zero attached hydrogens (tertiary/aromatic N) is 2. The summed E-state index contributed by atoms with van der Waals surface area (Å²) in [6.07, 6.45) is -0.711. The van der Waals surface area contributed by atoms with Crippen LogP contribution in [0.1, 0.15) is 82.9 Å². The average Bonchev–Trinajstić information content (AvgIpc) is 3.05. The fourth-order valence-corrected chi connectivity index (χ4v) is 3.67. The maximum atomic E-state index is 12.6. The molecule has 0 aliphatic carbocycles. The van der Waals surface area contributed by atoms with Crippen molar-refractivity contribution in [2.75, 3.05) is 7.05 Å². The summed E-state index contributed by atoms with van der Waals surface area (Å²) in [7, 11) is 1.65. The van der Waals surface area contributed by atoms with Gasteiger partial charge in [0.15, 0.2) is 11.8 Å². The van der Waals surface area contributed by atoms with E-state index in [-0.39, 0.29) is 42.4 Å². The number of hydrogen-bond donors (Lipinski definition) is 1. The highest BCUT2D eigenvalue weighted by Crippen LogP contribution is 2.31. The number of amides is 1. The highest BCUT2D eigenvalue weighted by Gasteiger charge is 2.33. The first-order valence-electron chi connectivity index (χ1n) is 10.0. The Labute approximate surface area is 182 Å². The molecule has 1 aromatic heterocycles. The Balaban J connectivity index is 3.14. The SMILES string of the molecule is CC(C)CC(=O)O[C@H](C[C@@H](C(C)C)N(C)C(=O)OC(C)(C)C)c1nc(C(=O)O)cs1. The quantitative estimate of drug-likeness (QED) is 0.550. The highest BCUT2D eigenvalue weighted by atomic mass is 32.1. The minimum absolute atomic E-state index is 0.0349. The van der Waals surface area contributed by atoms with Crippen molar-refractivity contribution in [2.24, 2.45) is 11.8 Å². The van der Waals surface area contributed by atoms with Crippen LogP contribution >= 0.6 is 11.3 Å². The molecule has 1 aromatic rings. The predicted octanol–water partition coefficient (Wildman–Crippen LogP) is 4.75. The third-order valence-corrected chi connectivity index (χ3v) is 5.21. The standard InChI is InChI=1S/C21H34N2O6S/c1-12(2)9-17(24)28-16(18-22-14(11-30-18)19(25)26)10-15(13(3)4)23(8)20(27)29-21(5,6)7/h11-13,15-16H,9-10H2,1-8H3,(H,25,26)/t15-,16+/m0/s1. The fraction of sp³-hybridized carbons (Fsp3) is 0.714. The van der Waals surface area contributed by atoms with Crippen molar-refractivity contribution in [3.8, 4) is 0 Å². The second kappa shape index (κ2) is 10.7. The minimum Gasteiger partial charge on any atom is -0.476 e. The second-order valence-corrected chi connectivity index (χ2v) is 9.98. The topological polar surface area (TPSA) is 106 Å². The summed E-state index contributed by atoms with van der Waals surface area (Å²) in [5.74, 6) is -1.37. The number of aromatic carboxylic acids is 1. The summed E-state index contributed by atoms with van der Waals surface area (Å²) in [6.45, 7) is 13.1. The van der Waals surface area contributed by atoms with Gasteiger partial charge in [-0.1, -0.05) is 27.7 Å². The van der Waals surface area contributed by atoms with E-state index in [1.165, 1.54) is 10.3 Å². The van der Waals surface area contributed by atoms with Crippen molar-refractivity contribution in [1.82, 2.24) is 9.88 Å². The molecule has 0 fully saturated rings. The fourth-order valence-electron chi connectivity index (χ4n) is 2.84. The minimum atomic E-state index is -1.14. The van der Waals surface area contributed by atoms with Crippen molar-refractivity contribution in [2.45, 2.75) is 79.1 Å². The highest BCUT2D eigenvalue weighted by molar-refractivity contribution is 7.09. The van der Waals surface area contributed by atoms with E-state index in [1.54, 1.807) is 27.8 Å². The lowest BCUT2D eigenvalue weighted by Crippen LogP contribution is -2.44. The number of carboxylic acids is 1. The van der Waals surface area contributed by atoms with Gasteiger partial charge < -0.3 is 19.5 Å². The van der Waals surface area contributed by atoms with Crippen LogP contribution in [0, 0.1) is 11.8 Å². The molecular weight excluding hydrogens is 408 g/mol. The molecule has 0 aliphatic rings. The first-order chi connectivity index (χ1) is 13.7. The third kappa shape index (κ3) is 8.30. The van der Waals surface area contributed by atoms with Gasteiger partial charge in [0.2, 0.25) is 0 Å². The van der Waals surface area contributed by atoms with Gasteiger partial charge in [-0.2, -0.15) is 0 Å². The van der Waals surface area contributed by atoms with Gasteiger partial charge in [0, 0.05) is 31.3 Å². The molecular formula is C21H34N2O6S. The maximum absolute atomic E-state index is 12.6. The van der Waals surface area contributed by atoms with Crippen LogP contribution < -0.4 is 0 Å². The van der Waals surface area contributed by atoms with E-state index >= 15 is 0 Å². The molecule has 0 bridgehead atoms. The van der Waals surface area contributed by atoms with Crippen LogP contribution in [-0.2, 0) is 14.3 Å². The molecule has 30 heavy (non-hydrogen) atoms. The van der Waals surface area contributed by atoms with Crippen LogP contribution in [0.2, 0.25) is 0 Å².